The average molecular weight is 602 g/mol. The normalized spacial score (nSPS) is 13.8. The molecule has 0 aliphatic rings. The molecule has 0 saturated heterocycles. The first-order chi connectivity index (χ1) is 20.9. The fraction of sp³-hybridized carbons (Fsp3) is 0.417. The second-order valence-electron chi connectivity index (χ2n) is 12.2. The Morgan fingerprint density at radius 1 is 0.909 bits per heavy atom. The Labute approximate surface area is 261 Å². The highest BCUT2D eigenvalue weighted by Gasteiger charge is 2.34. The Bertz CT molecular complexity index is 1420. The van der Waals surface area contributed by atoms with E-state index in [0.29, 0.717) is 32.1 Å². The summed E-state index contributed by atoms with van der Waals surface area (Å²) < 4.78 is 5.06. The third kappa shape index (κ3) is 10.6. The first-order valence-electron chi connectivity index (χ1n) is 15.2. The monoisotopic (exact) mass is 601 g/mol. The predicted octanol–water partition coefficient (Wildman–Crippen LogP) is 4.67. The van der Waals surface area contributed by atoms with Gasteiger partial charge in [-0.15, -0.1) is 0 Å². The molecule has 0 radical (unpaired) electrons. The van der Waals surface area contributed by atoms with Crippen molar-refractivity contribution in [2.75, 3.05) is 20.7 Å². The van der Waals surface area contributed by atoms with Gasteiger partial charge in [0.15, 0.2) is 0 Å². The quantitative estimate of drug-likeness (QED) is 0.149. The number of nitrogens with zero attached hydrogens (tertiary/aromatic N) is 2. The maximum Gasteiger partial charge on any atom is 0.302 e. The summed E-state index contributed by atoms with van der Waals surface area (Å²) in [7, 11) is 3.32. The van der Waals surface area contributed by atoms with Gasteiger partial charge in [-0.25, -0.2) is 0 Å². The molecule has 2 amide bonds. The summed E-state index contributed by atoms with van der Waals surface area (Å²) in [6.45, 7) is 5.31. The number of benzene rings is 3. The number of ether oxygens (including phenoxy) is 1. The number of fused-ring (bicyclic) bond motifs is 1. The molecule has 8 heteroatoms. The molecule has 44 heavy (non-hydrogen) atoms. The van der Waals surface area contributed by atoms with Gasteiger partial charge >= 0.3 is 5.97 Å². The second kappa shape index (κ2) is 16.2. The SMILES string of the molecule is CC(=O)OCCCC(O)[C@@H](Cc1ccccc1)N(C)C(=O)[C@@H](Cc1ccc2ccccc2c1)N(C)C(=O)C=CCC(C)(C)N. The molecule has 236 valence electrons. The van der Waals surface area contributed by atoms with E-state index >= 15 is 0 Å². The number of hydrogen-bond acceptors (Lipinski definition) is 6. The van der Waals surface area contributed by atoms with Crippen molar-refractivity contribution in [1.29, 1.82) is 0 Å². The molecule has 0 aromatic heterocycles. The van der Waals surface area contributed by atoms with E-state index in [-0.39, 0.29) is 24.4 Å². The molecule has 3 atom stereocenters. The fourth-order valence-electron chi connectivity index (χ4n) is 5.20. The van der Waals surface area contributed by atoms with E-state index in [1.165, 1.54) is 17.9 Å². The van der Waals surface area contributed by atoms with E-state index in [0.717, 1.165) is 21.9 Å². The molecule has 3 aromatic rings. The van der Waals surface area contributed by atoms with E-state index in [2.05, 4.69) is 0 Å². The summed E-state index contributed by atoms with van der Waals surface area (Å²) in [5.41, 5.74) is 7.52. The summed E-state index contributed by atoms with van der Waals surface area (Å²) in [6.07, 6.45) is 4.35. The highest BCUT2D eigenvalue weighted by atomic mass is 16.5. The summed E-state index contributed by atoms with van der Waals surface area (Å²) in [4.78, 5) is 42.0. The minimum atomic E-state index is -0.881. The molecule has 0 aliphatic carbocycles. The van der Waals surface area contributed by atoms with Gasteiger partial charge in [0, 0.05) is 33.0 Å². The number of aliphatic hydroxyl groups is 1. The maximum atomic E-state index is 14.4. The standard InChI is InChI=1S/C36H47N3O5/c1-26(40)44-22-12-17-33(41)31(24-27-13-7-6-8-14-27)39(5)35(43)32(38(4)34(42)18-11-21-36(2,3)37)25-28-19-20-29-15-9-10-16-30(29)23-28/h6-11,13-16,18-20,23,31-33,41H,12,17,21-22,24-25,37H2,1-5H3/t31-,32-,33?/m1/s1. The van der Waals surface area contributed by atoms with E-state index in [1.807, 2.05) is 86.6 Å². The third-order valence-corrected chi connectivity index (χ3v) is 7.77. The number of carbonyl (C=O) groups is 3. The molecule has 0 spiro atoms. The number of hydrogen-bond donors (Lipinski definition) is 2. The molecule has 3 aromatic carbocycles. The minimum absolute atomic E-state index is 0.190. The lowest BCUT2D eigenvalue weighted by Crippen LogP contribution is -2.54. The van der Waals surface area contributed by atoms with Gasteiger partial charge in [-0.05, 0) is 67.5 Å². The maximum absolute atomic E-state index is 14.4. The van der Waals surface area contributed by atoms with Crippen molar-refractivity contribution >= 4 is 28.6 Å². The Balaban J connectivity index is 1.92. The van der Waals surface area contributed by atoms with Crippen LogP contribution in [-0.2, 0) is 32.0 Å². The highest BCUT2D eigenvalue weighted by molar-refractivity contribution is 5.93. The van der Waals surface area contributed by atoms with E-state index in [9.17, 15) is 19.5 Å². The second-order valence-corrected chi connectivity index (χ2v) is 12.2. The van der Waals surface area contributed by atoms with Gasteiger partial charge in [-0.2, -0.15) is 0 Å². The first kappa shape index (κ1) is 34.5. The Kier molecular flexibility index (Phi) is 12.7. The number of rotatable bonds is 15. The van der Waals surface area contributed by atoms with Crippen LogP contribution >= 0.6 is 0 Å². The van der Waals surface area contributed by atoms with Crippen LogP contribution in [0.25, 0.3) is 10.8 Å². The van der Waals surface area contributed by atoms with E-state index < -0.39 is 23.7 Å². The number of likely N-dealkylation sites (N-methyl/N-ethyl adjacent to an activating group) is 2. The molecule has 0 aliphatic heterocycles. The van der Waals surface area contributed by atoms with Crippen LogP contribution in [0.5, 0.6) is 0 Å². The van der Waals surface area contributed by atoms with Crippen molar-refractivity contribution in [3.05, 3.63) is 96.1 Å². The number of carbonyl (C=O) groups excluding carboxylic acids is 3. The van der Waals surface area contributed by atoms with Gasteiger partial charge in [-0.1, -0.05) is 78.9 Å². The number of esters is 1. The zero-order valence-electron chi connectivity index (χ0n) is 26.6. The van der Waals surface area contributed by atoms with E-state index in [4.69, 9.17) is 10.5 Å². The van der Waals surface area contributed by atoms with Gasteiger partial charge in [0.1, 0.15) is 6.04 Å². The van der Waals surface area contributed by atoms with Crippen molar-refractivity contribution in [3.8, 4) is 0 Å². The van der Waals surface area contributed by atoms with Gasteiger partial charge in [-0.3, -0.25) is 14.4 Å². The Morgan fingerprint density at radius 2 is 1.57 bits per heavy atom. The molecule has 8 nitrogen and oxygen atoms in total. The van der Waals surface area contributed by atoms with Crippen molar-refractivity contribution in [2.45, 2.75) is 76.6 Å². The molecule has 3 rings (SSSR count). The average Bonchev–Trinajstić information content (AvgIpc) is 2.99. The van der Waals surface area contributed by atoms with Crippen LogP contribution in [0.1, 0.15) is 51.2 Å². The first-order valence-corrected chi connectivity index (χ1v) is 15.2. The van der Waals surface area contributed by atoms with Gasteiger partial charge in [0.25, 0.3) is 0 Å². The Morgan fingerprint density at radius 3 is 2.23 bits per heavy atom. The fourth-order valence-corrected chi connectivity index (χ4v) is 5.20. The molecular weight excluding hydrogens is 554 g/mol. The predicted molar refractivity (Wildman–Crippen MR) is 175 cm³/mol. The summed E-state index contributed by atoms with van der Waals surface area (Å²) in [6, 6.07) is 22.4. The lowest BCUT2D eigenvalue weighted by atomic mass is 9.95. The lowest BCUT2D eigenvalue weighted by molar-refractivity contribution is -0.145. The summed E-state index contributed by atoms with van der Waals surface area (Å²) in [5.74, 6) is -0.953. The molecule has 0 heterocycles. The van der Waals surface area contributed by atoms with Crippen molar-refractivity contribution in [2.24, 2.45) is 5.73 Å². The number of aliphatic hydroxyl groups excluding tert-OH is 1. The molecule has 0 saturated carbocycles. The van der Waals surface area contributed by atoms with Crippen LogP contribution in [0.15, 0.2) is 84.9 Å². The zero-order valence-corrected chi connectivity index (χ0v) is 26.6. The van der Waals surface area contributed by atoms with Gasteiger partial charge < -0.3 is 25.4 Å². The molecule has 3 N–H and O–H groups in total. The largest absolute Gasteiger partial charge is 0.466 e. The zero-order chi connectivity index (χ0) is 32.3. The van der Waals surface area contributed by atoms with E-state index in [1.54, 1.807) is 25.1 Å². The highest BCUT2D eigenvalue weighted by Crippen LogP contribution is 2.22. The van der Waals surface area contributed by atoms with Crippen LogP contribution in [0.4, 0.5) is 0 Å². The van der Waals surface area contributed by atoms with Crippen molar-refractivity contribution in [1.82, 2.24) is 9.80 Å². The van der Waals surface area contributed by atoms with Crippen molar-refractivity contribution in [3.63, 3.8) is 0 Å². The van der Waals surface area contributed by atoms with Crippen LogP contribution < -0.4 is 5.73 Å². The van der Waals surface area contributed by atoms with Gasteiger partial charge in [0.05, 0.1) is 18.8 Å². The Hall–Kier alpha value is -4.01. The topological polar surface area (TPSA) is 113 Å². The summed E-state index contributed by atoms with van der Waals surface area (Å²) in [5, 5.41) is 13.5. The molecule has 0 bridgehead atoms. The number of nitrogens with two attached hydrogens (primary N) is 1. The summed E-state index contributed by atoms with van der Waals surface area (Å²) >= 11 is 0. The smallest absolute Gasteiger partial charge is 0.302 e. The van der Waals surface area contributed by atoms with Crippen LogP contribution in [0, 0.1) is 0 Å². The molecule has 0 fully saturated rings. The molecular formula is C36H47N3O5. The lowest BCUT2D eigenvalue weighted by Gasteiger charge is -2.37. The minimum Gasteiger partial charge on any atom is -0.466 e. The third-order valence-electron chi connectivity index (χ3n) is 7.77. The van der Waals surface area contributed by atoms with Crippen molar-refractivity contribution < 1.29 is 24.2 Å². The van der Waals surface area contributed by atoms with Crippen LogP contribution in [-0.4, -0.2) is 77.1 Å². The van der Waals surface area contributed by atoms with Crippen LogP contribution in [0.3, 0.4) is 0 Å². The van der Waals surface area contributed by atoms with Gasteiger partial charge in [0.2, 0.25) is 11.8 Å². The number of amides is 2. The van der Waals surface area contributed by atoms with Crippen LogP contribution in [0.2, 0.25) is 0 Å². The molecule has 1 unspecified atom stereocenters.